The van der Waals surface area contributed by atoms with E-state index in [1.807, 2.05) is 13.8 Å². The van der Waals surface area contributed by atoms with Crippen molar-refractivity contribution < 1.29 is 13.2 Å². The Morgan fingerprint density at radius 2 is 2.22 bits per heavy atom. The summed E-state index contributed by atoms with van der Waals surface area (Å²) in [6, 6.07) is 0. The Kier molecular flexibility index (Phi) is 3.93. The molecule has 0 saturated carbocycles. The van der Waals surface area contributed by atoms with E-state index >= 15 is 0 Å². The molecule has 1 atom stereocenters. The van der Waals surface area contributed by atoms with E-state index in [4.69, 9.17) is 15.4 Å². The summed E-state index contributed by atoms with van der Waals surface area (Å²) < 4.78 is 29.9. The highest BCUT2D eigenvalue weighted by molar-refractivity contribution is 8.13. The zero-order valence-electron chi connectivity index (χ0n) is 10.3. The second kappa shape index (κ2) is 5.14. The van der Waals surface area contributed by atoms with Gasteiger partial charge in [0.25, 0.3) is 14.2 Å². The molecule has 1 aliphatic heterocycles. The van der Waals surface area contributed by atoms with Gasteiger partial charge in [0.05, 0.1) is 6.61 Å². The average molecular weight is 294 g/mol. The molecule has 0 aromatic carbocycles. The number of hydrogen-bond donors (Lipinski definition) is 0. The average Bonchev–Trinajstić information content (AvgIpc) is 2.81. The lowest BCUT2D eigenvalue weighted by Gasteiger charge is -2.13. The molecule has 0 radical (unpaired) electrons. The van der Waals surface area contributed by atoms with Gasteiger partial charge >= 0.3 is 0 Å². The fraction of sp³-hybridized carbons (Fsp3) is 0.800. The Bertz CT molecular complexity index is 520. The molecular weight excluding hydrogens is 278 g/mol. The van der Waals surface area contributed by atoms with Crippen LogP contribution in [0.3, 0.4) is 0 Å². The molecule has 2 heterocycles. The summed E-state index contributed by atoms with van der Waals surface area (Å²) >= 11 is 0. The van der Waals surface area contributed by atoms with Crippen molar-refractivity contribution in [2.75, 3.05) is 13.2 Å². The summed E-state index contributed by atoms with van der Waals surface area (Å²) in [5.74, 6) is 1.03. The summed E-state index contributed by atoms with van der Waals surface area (Å²) in [6.07, 6.45) is 0.832. The van der Waals surface area contributed by atoms with Gasteiger partial charge in [-0.15, -0.1) is 10.2 Å². The lowest BCUT2D eigenvalue weighted by Crippen LogP contribution is -2.16. The number of rotatable bonds is 4. The highest BCUT2D eigenvalue weighted by atomic mass is 35.7. The molecule has 0 bridgehead atoms. The van der Waals surface area contributed by atoms with Crippen LogP contribution in [0.15, 0.2) is 5.16 Å². The Morgan fingerprint density at radius 3 is 2.72 bits per heavy atom. The molecule has 0 N–H and O–H groups in total. The molecule has 18 heavy (non-hydrogen) atoms. The minimum absolute atomic E-state index is 0.100. The fourth-order valence-corrected chi connectivity index (χ4v) is 2.97. The molecule has 1 saturated heterocycles. The fourth-order valence-electron chi connectivity index (χ4n) is 2.06. The van der Waals surface area contributed by atoms with Crippen LogP contribution in [0, 0.1) is 5.92 Å². The third-order valence-electron chi connectivity index (χ3n) is 2.81. The van der Waals surface area contributed by atoms with E-state index in [1.54, 1.807) is 4.57 Å². The molecule has 2 rings (SSSR count). The molecule has 1 aliphatic rings. The predicted octanol–water partition coefficient (Wildman–Crippen LogP) is 1.37. The summed E-state index contributed by atoms with van der Waals surface area (Å²) in [5.41, 5.74) is 0. The van der Waals surface area contributed by atoms with Crippen molar-refractivity contribution in [2.24, 2.45) is 5.92 Å². The maximum Gasteiger partial charge on any atom is 0.296 e. The van der Waals surface area contributed by atoms with Gasteiger partial charge in [-0.25, -0.2) is 8.42 Å². The highest BCUT2D eigenvalue weighted by Crippen LogP contribution is 2.27. The molecule has 1 fully saturated rings. The Hall–Kier alpha value is -0.660. The first kappa shape index (κ1) is 13.8. The molecule has 8 heteroatoms. The molecular formula is C10H16ClN3O3S. The second-order valence-corrected chi connectivity index (χ2v) is 7.30. The maximum absolute atomic E-state index is 11.5. The van der Waals surface area contributed by atoms with Gasteiger partial charge in [-0.1, -0.05) is 13.8 Å². The van der Waals surface area contributed by atoms with E-state index in [0.29, 0.717) is 25.6 Å². The van der Waals surface area contributed by atoms with Crippen LogP contribution in [0.1, 0.15) is 32.0 Å². The SMILES string of the molecule is CC(C)Cn1c(C2CCOC2)nnc1S(=O)(=O)Cl. The van der Waals surface area contributed by atoms with Crippen LogP contribution in [0.5, 0.6) is 0 Å². The number of hydrogen-bond acceptors (Lipinski definition) is 5. The molecule has 1 unspecified atom stereocenters. The summed E-state index contributed by atoms with van der Waals surface area (Å²) in [5, 5.41) is 7.54. The normalized spacial score (nSPS) is 20.8. The van der Waals surface area contributed by atoms with Crippen LogP contribution in [-0.2, 0) is 20.3 Å². The minimum Gasteiger partial charge on any atom is -0.381 e. The zero-order chi connectivity index (χ0) is 13.3. The quantitative estimate of drug-likeness (QED) is 0.784. The Morgan fingerprint density at radius 1 is 1.50 bits per heavy atom. The van der Waals surface area contributed by atoms with Crippen LogP contribution in [-0.4, -0.2) is 36.4 Å². The van der Waals surface area contributed by atoms with Gasteiger partial charge in [0.15, 0.2) is 0 Å². The van der Waals surface area contributed by atoms with E-state index in [1.165, 1.54) is 0 Å². The van der Waals surface area contributed by atoms with Crippen LogP contribution in [0.4, 0.5) is 0 Å². The third kappa shape index (κ3) is 2.84. The van der Waals surface area contributed by atoms with Crippen molar-refractivity contribution in [1.82, 2.24) is 14.8 Å². The smallest absolute Gasteiger partial charge is 0.296 e. The van der Waals surface area contributed by atoms with Gasteiger partial charge in [0.2, 0.25) is 0 Å². The van der Waals surface area contributed by atoms with E-state index in [0.717, 1.165) is 6.42 Å². The standard InChI is InChI=1S/C10H16ClN3O3S/c1-7(2)5-14-9(8-3-4-17-6-8)12-13-10(14)18(11,15)16/h7-8H,3-6H2,1-2H3. The van der Waals surface area contributed by atoms with Crippen LogP contribution in [0.25, 0.3) is 0 Å². The summed E-state index contributed by atoms with van der Waals surface area (Å²) in [6.45, 7) is 5.75. The van der Waals surface area contributed by atoms with Crippen LogP contribution >= 0.6 is 10.7 Å². The lowest BCUT2D eigenvalue weighted by atomic mass is 10.1. The van der Waals surface area contributed by atoms with Crippen molar-refractivity contribution in [3.63, 3.8) is 0 Å². The Balaban J connectivity index is 2.43. The largest absolute Gasteiger partial charge is 0.381 e. The van der Waals surface area contributed by atoms with Gasteiger partial charge < -0.3 is 9.30 Å². The molecule has 1 aromatic heterocycles. The second-order valence-electron chi connectivity index (χ2n) is 4.84. The monoisotopic (exact) mass is 293 g/mol. The molecule has 0 amide bonds. The molecule has 0 aliphatic carbocycles. The number of halogens is 1. The van der Waals surface area contributed by atoms with E-state index < -0.39 is 9.05 Å². The number of ether oxygens (including phenoxy) is 1. The van der Waals surface area contributed by atoms with Crippen molar-refractivity contribution in [2.45, 2.75) is 37.9 Å². The van der Waals surface area contributed by atoms with Gasteiger partial charge in [0.1, 0.15) is 5.82 Å². The summed E-state index contributed by atoms with van der Waals surface area (Å²) in [4.78, 5) is 0. The number of aromatic nitrogens is 3. The predicted molar refractivity (Wildman–Crippen MR) is 66.1 cm³/mol. The van der Waals surface area contributed by atoms with Crippen LogP contribution < -0.4 is 0 Å². The first-order valence-electron chi connectivity index (χ1n) is 5.85. The lowest BCUT2D eigenvalue weighted by molar-refractivity contribution is 0.192. The highest BCUT2D eigenvalue weighted by Gasteiger charge is 2.29. The van der Waals surface area contributed by atoms with Gasteiger partial charge in [-0.3, -0.25) is 0 Å². The number of nitrogens with zero attached hydrogens (tertiary/aromatic N) is 3. The van der Waals surface area contributed by atoms with E-state index in [2.05, 4.69) is 10.2 Å². The van der Waals surface area contributed by atoms with Crippen molar-refractivity contribution in [1.29, 1.82) is 0 Å². The topological polar surface area (TPSA) is 74.1 Å². The van der Waals surface area contributed by atoms with Gasteiger partial charge in [-0.05, 0) is 12.3 Å². The zero-order valence-corrected chi connectivity index (χ0v) is 11.9. The van der Waals surface area contributed by atoms with Gasteiger partial charge in [-0.2, -0.15) is 0 Å². The molecule has 0 spiro atoms. The molecule has 6 nitrogen and oxygen atoms in total. The molecule has 102 valence electrons. The molecule has 1 aromatic rings. The van der Waals surface area contributed by atoms with Crippen molar-refractivity contribution in [3.05, 3.63) is 5.82 Å². The van der Waals surface area contributed by atoms with E-state index in [9.17, 15) is 8.42 Å². The Labute approximate surface area is 111 Å². The van der Waals surface area contributed by atoms with E-state index in [-0.39, 0.29) is 17.0 Å². The maximum atomic E-state index is 11.5. The summed E-state index contributed by atoms with van der Waals surface area (Å²) in [7, 11) is 1.52. The van der Waals surface area contributed by atoms with Crippen molar-refractivity contribution in [3.8, 4) is 0 Å². The third-order valence-corrected chi connectivity index (χ3v) is 3.96. The van der Waals surface area contributed by atoms with Crippen LogP contribution in [0.2, 0.25) is 0 Å². The minimum atomic E-state index is -3.87. The first-order valence-corrected chi connectivity index (χ1v) is 8.16. The van der Waals surface area contributed by atoms with Gasteiger partial charge in [0, 0.05) is 29.8 Å². The first-order chi connectivity index (χ1) is 8.39. The van der Waals surface area contributed by atoms with Crippen molar-refractivity contribution >= 4 is 19.7 Å².